The lowest BCUT2D eigenvalue weighted by molar-refractivity contribution is -0.134. The third-order valence-electron chi connectivity index (χ3n) is 3.27. The molecular weight excluding hydrogens is 299 g/mol. The molecular formula is C16H19FN4O2. The minimum Gasteiger partial charge on any atom is -0.347 e. The molecule has 2 rings (SSSR count). The predicted molar refractivity (Wildman–Crippen MR) is 83.9 cm³/mol. The smallest absolute Gasteiger partial charge is 0.244 e. The van der Waals surface area contributed by atoms with E-state index in [0.717, 1.165) is 5.56 Å². The molecule has 0 unspecified atom stereocenters. The first kappa shape index (κ1) is 16.7. The van der Waals surface area contributed by atoms with Crippen LogP contribution in [0.5, 0.6) is 0 Å². The first-order valence-electron chi connectivity index (χ1n) is 7.16. The Morgan fingerprint density at radius 3 is 2.52 bits per heavy atom. The van der Waals surface area contributed by atoms with E-state index in [9.17, 15) is 14.0 Å². The maximum Gasteiger partial charge on any atom is 0.244 e. The van der Waals surface area contributed by atoms with E-state index in [0.29, 0.717) is 5.69 Å². The number of halogens is 1. The molecule has 0 spiro atoms. The molecule has 0 saturated carbocycles. The van der Waals surface area contributed by atoms with Crippen molar-refractivity contribution >= 4 is 11.8 Å². The number of benzene rings is 1. The van der Waals surface area contributed by atoms with Crippen LogP contribution in [-0.4, -0.2) is 46.6 Å². The van der Waals surface area contributed by atoms with Crippen LogP contribution >= 0.6 is 0 Å². The van der Waals surface area contributed by atoms with E-state index < -0.39 is 6.04 Å². The number of amides is 2. The first-order chi connectivity index (χ1) is 10.9. The van der Waals surface area contributed by atoms with Gasteiger partial charge in [-0.05, 0) is 37.3 Å². The van der Waals surface area contributed by atoms with Crippen molar-refractivity contribution in [3.8, 4) is 11.3 Å². The zero-order valence-electron chi connectivity index (χ0n) is 13.3. The van der Waals surface area contributed by atoms with E-state index in [-0.39, 0.29) is 24.2 Å². The Morgan fingerprint density at radius 2 is 1.91 bits per heavy atom. The van der Waals surface area contributed by atoms with Crippen LogP contribution < -0.4 is 5.32 Å². The second kappa shape index (κ2) is 7.04. The molecule has 122 valence electrons. The Hall–Kier alpha value is -2.70. The number of rotatable bonds is 5. The van der Waals surface area contributed by atoms with E-state index in [2.05, 4.69) is 10.4 Å². The van der Waals surface area contributed by atoms with Gasteiger partial charge in [0.2, 0.25) is 11.8 Å². The maximum absolute atomic E-state index is 12.9. The molecule has 0 aliphatic rings. The third-order valence-corrected chi connectivity index (χ3v) is 3.27. The third kappa shape index (κ3) is 4.38. The number of aromatic nitrogens is 2. The molecule has 0 radical (unpaired) electrons. The zero-order chi connectivity index (χ0) is 17.0. The molecule has 1 N–H and O–H groups in total. The van der Waals surface area contributed by atoms with Crippen molar-refractivity contribution in [2.45, 2.75) is 19.5 Å². The van der Waals surface area contributed by atoms with Gasteiger partial charge in [-0.2, -0.15) is 5.10 Å². The second-order valence-corrected chi connectivity index (χ2v) is 5.43. The summed E-state index contributed by atoms with van der Waals surface area (Å²) in [7, 11) is 3.26. The number of hydrogen-bond acceptors (Lipinski definition) is 3. The van der Waals surface area contributed by atoms with Gasteiger partial charge in [0.15, 0.2) is 0 Å². The lowest BCUT2D eigenvalue weighted by Gasteiger charge is -2.17. The molecule has 0 saturated heterocycles. The number of hydrogen-bond donors (Lipinski definition) is 1. The minimum atomic E-state index is -0.593. The van der Waals surface area contributed by atoms with Crippen LogP contribution in [-0.2, 0) is 16.1 Å². The van der Waals surface area contributed by atoms with Crippen molar-refractivity contribution in [1.29, 1.82) is 0 Å². The van der Waals surface area contributed by atoms with Crippen molar-refractivity contribution in [3.05, 3.63) is 42.3 Å². The highest BCUT2D eigenvalue weighted by Crippen LogP contribution is 2.16. The van der Waals surface area contributed by atoms with Crippen LogP contribution in [0.25, 0.3) is 11.3 Å². The second-order valence-electron chi connectivity index (χ2n) is 5.43. The lowest BCUT2D eigenvalue weighted by Crippen LogP contribution is -2.45. The summed E-state index contributed by atoms with van der Waals surface area (Å²) in [5.41, 5.74) is 1.41. The van der Waals surface area contributed by atoms with Crippen LogP contribution in [0.2, 0.25) is 0 Å². The number of nitrogens with one attached hydrogen (secondary N) is 1. The summed E-state index contributed by atoms with van der Waals surface area (Å²) in [6.07, 6.45) is 1.66. The van der Waals surface area contributed by atoms with Crippen molar-refractivity contribution in [3.63, 3.8) is 0 Å². The van der Waals surface area contributed by atoms with E-state index in [4.69, 9.17) is 0 Å². The predicted octanol–water partition coefficient (Wildman–Crippen LogP) is 1.28. The van der Waals surface area contributed by atoms with Gasteiger partial charge < -0.3 is 10.2 Å². The van der Waals surface area contributed by atoms with E-state index in [1.54, 1.807) is 45.4 Å². The van der Waals surface area contributed by atoms with Gasteiger partial charge in [-0.3, -0.25) is 14.3 Å². The molecule has 6 nitrogen and oxygen atoms in total. The summed E-state index contributed by atoms with van der Waals surface area (Å²) in [6.45, 7) is 1.64. The molecule has 0 fully saturated rings. The Bertz CT molecular complexity index is 694. The van der Waals surface area contributed by atoms with Crippen LogP contribution in [0.4, 0.5) is 4.39 Å². The molecule has 0 aliphatic heterocycles. The molecule has 7 heteroatoms. The summed E-state index contributed by atoms with van der Waals surface area (Å²) in [6, 6.07) is 7.12. The van der Waals surface area contributed by atoms with Gasteiger partial charge >= 0.3 is 0 Å². The average molecular weight is 318 g/mol. The first-order valence-corrected chi connectivity index (χ1v) is 7.16. The molecule has 1 heterocycles. The maximum atomic E-state index is 12.9. The molecule has 23 heavy (non-hydrogen) atoms. The molecule has 1 aromatic heterocycles. The SMILES string of the molecule is C[C@H](NC(=O)Cn1ccc(-c2ccc(F)cc2)n1)C(=O)N(C)C. The topological polar surface area (TPSA) is 67.2 Å². The van der Waals surface area contributed by atoms with Crippen molar-refractivity contribution in [2.24, 2.45) is 0 Å². The molecule has 0 aliphatic carbocycles. The summed E-state index contributed by atoms with van der Waals surface area (Å²) in [5.74, 6) is -0.792. The fourth-order valence-electron chi connectivity index (χ4n) is 2.11. The monoisotopic (exact) mass is 318 g/mol. The van der Waals surface area contributed by atoms with E-state index in [1.165, 1.54) is 21.7 Å². The average Bonchev–Trinajstić information content (AvgIpc) is 2.95. The molecule has 2 amide bonds. The van der Waals surface area contributed by atoms with Crippen LogP contribution in [0.1, 0.15) is 6.92 Å². The van der Waals surface area contributed by atoms with Crippen LogP contribution in [0.3, 0.4) is 0 Å². The Morgan fingerprint density at radius 1 is 1.26 bits per heavy atom. The van der Waals surface area contributed by atoms with Gasteiger partial charge in [0.05, 0.1) is 5.69 Å². The highest BCUT2D eigenvalue weighted by Gasteiger charge is 2.17. The Balaban J connectivity index is 1.97. The van der Waals surface area contributed by atoms with Gasteiger partial charge in [0.1, 0.15) is 18.4 Å². The minimum absolute atomic E-state index is 0.00619. The van der Waals surface area contributed by atoms with Gasteiger partial charge in [-0.1, -0.05) is 0 Å². The van der Waals surface area contributed by atoms with E-state index in [1.807, 2.05) is 0 Å². The summed E-state index contributed by atoms with van der Waals surface area (Å²) in [4.78, 5) is 25.1. The van der Waals surface area contributed by atoms with Gasteiger partial charge in [-0.15, -0.1) is 0 Å². The Labute approximate surface area is 133 Å². The quantitative estimate of drug-likeness (QED) is 0.903. The highest BCUT2D eigenvalue weighted by molar-refractivity contribution is 5.86. The lowest BCUT2D eigenvalue weighted by atomic mass is 10.1. The number of nitrogens with zero attached hydrogens (tertiary/aromatic N) is 3. The Kier molecular flexibility index (Phi) is 5.10. The fraction of sp³-hybridized carbons (Fsp3) is 0.312. The highest BCUT2D eigenvalue weighted by atomic mass is 19.1. The van der Waals surface area contributed by atoms with Gasteiger partial charge in [0.25, 0.3) is 0 Å². The van der Waals surface area contributed by atoms with Gasteiger partial charge in [-0.25, -0.2) is 4.39 Å². The zero-order valence-corrected chi connectivity index (χ0v) is 13.3. The summed E-state index contributed by atoms with van der Waals surface area (Å²) >= 11 is 0. The molecule has 0 bridgehead atoms. The van der Waals surface area contributed by atoms with Crippen LogP contribution in [0.15, 0.2) is 36.5 Å². The number of likely N-dealkylation sites (N-methyl/N-ethyl adjacent to an activating group) is 1. The van der Waals surface area contributed by atoms with Crippen LogP contribution in [0, 0.1) is 5.82 Å². The van der Waals surface area contributed by atoms with Crippen molar-refractivity contribution in [1.82, 2.24) is 20.0 Å². The standard InChI is InChI=1S/C16H19FN4O2/c1-11(16(23)20(2)3)18-15(22)10-21-9-8-14(19-21)12-4-6-13(17)7-5-12/h4-9,11H,10H2,1-3H3,(H,18,22)/t11-/m0/s1. The van der Waals surface area contributed by atoms with E-state index >= 15 is 0 Å². The number of carbonyl (C=O) groups excluding carboxylic acids is 2. The van der Waals surface area contributed by atoms with Crippen molar-refractivity contribution in [2.75, 3.05) is 14.1 Å². The molecule has 1 atom stereocenters. The summed E-state index contributed by atoms with van der Waals surface area (Å²) in [5, 5.41) is 6.90. The number of carbonyl (C=O) groups is 2. The molecule has 2 aromatic rings. The largest absolute Gasteiger partial charge is 0.347 e. The molecule has 1 aromatic carbocycles. The normalized spacial score (nSPS) is 11.8. The van der Waals surface area contributed by atoms with Gasteiger partial charge in [0, 0.05) is 25.9 Å². The summed E-state index contributed by atoms with van der Waals surface area (Å²) < 4.78 is 14.4. The fourth-order valence-corrected chi connectivity index (χ4v) is 2.11. The van der Waals surface area contributed by atoms with Crippen molar-refractivity contribution < 1.29 is 14.0 Å².